The molecule has 1 amide bonds. The number of amidine groups is 1. The van der Waals surface area contributed by atoms with Gasteiger partial charge in [0.2, 0.25) is 0 Å². The average molecular weight is 356 g/mol. The van der Waals surface area contributed by atoms with E-state index in [1.807, 2.05) is 30.3 Å². The van der Waals surface area contributed by atoms with Gasteiger partial charge < -0.3 is 4.90 Å². The van der Waals surface area contributed by atoms with Crippen molar-refractivity contribution in [1.29, 1.82) is 0 Å². The zero-order valence-electron chi connectivity index (χ0n) is 11.8. The monoisotopic (exact) mass is 355 g/mol. The summed E-state index contributed by atoms with van der Waals surface area (Å²) in [6.07, 6.45) is 0.400. The van der Waals surface area contributed by atoms with Crippen molar-refractivity contribution in [3.63, 3.8) is 0 Å². The van der Waals surface area contributed by atoms with E-state index >= 15 is 0 Å². The number of thioether (sulfide) groups is 1. The maximum atomic E-state index is 12.5. The van der Waals surface area contributed by atoms with Crippen LogP contribution in [-0.2, 0) is 10.5 Å². The van der Waals surface area contributed by atoms with Crippen LogP contribution in [0.1, 0.15) is 5.56 Å². The molecule has 0 atom stereocenters. The van der Waals surface area contributed by atoms with Crippen LogP contribution in [0.25, 0.3) is 0 Å². The van der Waals surface area contributed by atoms with Crippen molar-refractivity contribution in [2.75, 3.05) is 6.67 Å². The maximum Gasteiger partial charge on any atom is 0.317 e. The molecule has 2 aliphatic heterocycles. The van der Waals surface area contributed by atoms with Crippen LogP contribution in [0.3, 0.4) is 0 Å². The lowest BCUT2D eigenvalue weighted by atomic mass is 10.2. The summed E-state index contributed by atoms with van der Waals surface area (Å²) in [6, 6.07) is 9.92. The lowest BCUT2D eigenvalue weighted by Crippen LogP contribution is -2.34. The Bertz CT molecular complexity index is 706. The third-order valence-corrected chi connectivity index (χ3v) is 4.54. The minimum Gasteiger partial charge on any atom is -0.309 e. The smallest absolute Gasteiger partial charge is 0.309 e. The zero-order valence-corrected chi connectivity index (χ0v) is 13.4. The van der Waals surface area contributed by atoms with Crippen LogP contribution in [0.4, 0.5) is 8.78 Å². The number of fused-ring (bicyclic) bond motifs is 1. The van der Waals surface area contributed by atoms with E-state index in [2.05, 4.69) is 5.10 Å². The van der Waals surface area contributed by atoms with Gasteiger partial charge in [-0.05, 0) is 11.6 Å². The first kappa shape index (κ1) is 16.0. The van der Waals surface area contributed by atoms with Gasteiger partial charge >= 0.3 is 12.3 Å². The van der Waals surface area contributed by atoms with E-state index in [1.165, 1.54) is 5.56 Å². The van der Waals surface area contributed by atoms with Gasteiger partial charge in [-0.1, -0.05) is 41.9 Å². The predicted molar refractivity (Wildman–Crippen MR) is 86.7 cm³/mol. The first-order chi connectivity index (χ1) is 11.0. The number of alkyl halides is 2. The number of carbonyl (C=O) groups excluding carboxylic acids is 1. The Balaban J connectivity index is 1.70. The van der Waals surface area contributed by atoms with Gasteiger partial charge in [0.15, 0.2) is 5.84 Å². The summed E-state index contributed by atoms with van der Waals surface area (Å²) in [5, 5.41) is 4.92. The van der Waals surface area contributed by atoms with E-state index in [-0.39, 0.29) is 6.67 Å². The molecule has 4 nitrogen and oxygen atoms in total. The molecule has 0 N–H and O–H groups in total. The van der Waals surface area contributed by atoms with Crippen molar-refractivity contribution in [3.8, 4) is 0 Å². The Kier molecular flexibility index (Phi) is 4.68. The van der Waals surface area contributed by atoms with E-state index in [0.29, 0.717) is 10.9 Å². The summed E-state index contributed by atoms with van der Waals surface area (Å²) in [7, 11) is 0. The van der Waals surface area contributed by atoms with Gasteiger partial charge in [-0.2, -0.15) is 8.78 Å². The number of carbonyl (C=O) groups is 1. The van der Waals surface area contributed by atoms with Crippen molar-refractivity contribution < 1.29 is 13.6 Å². The second-order valence-corrected chi connectivity index (χ2v) is 6.33. The third-order valence-electron chi connectivity index (χ3n) is 3.23. The molecule has 0 spiro atoms. The number of amides is 1. The highest BCUT2D eigenvalue weighted by Crippen LogP contribution is 2.31. The largest absolute Gasteiger partial charge is 0.317 e. The van der Waals surface area contributed by atoms with E-state index < -0.39 is 12.3 Å². The molecule has 3 rings (SSSR count). The highest BCUT2D eigenvalue weighted by Gasteiger charge is 2.33. The van der Waals surface area contributed by atoms with E-state index in [1.54, 1.807) is 28.9 Å². The molecule has 120 valence electrons. The van der Waals surface area contributed by atoms with Crippen molar-refractivity contribution in [1.82, 2.24) is 9.91 Å². The number of nitrogens with zero attached hydrogens (tertiary/aromatic N) is 3. The van der Waals surface area contributed by atoms with Gasteiger partial charge in [0.25, 0.3) is 0 Å². The standard InChI is InChI=1S/C15H12ClF2N3OS/c16-12-6-11(23-8-10-4-2-1-3-5-10)7-20-9-21(19-14(12)20)15(22)13(17)18/h1-7,13H,8-9H2. The molecular formula is C15H12ClF2N3OS. The van der Waals surface area contributed by atoms with E-state index in [4.69, 9.17) is 11.6 Å². The predicted octanol–water partition coefficient (Wildman–Crippen LogP) is 3.58. The van der Waals surface area contributed by atoms with Gasteiger partial charge in [-0.3, -0.25) is 4.79 Å². The summed E-state index contributed by atoms with van der Waals surface area (Å²) in [4.78, 5) is 13.8. The fourth-order valence-corrected chi connectivity index (χ4v) is 3.39. The highest BCUT2D eigenvalue weighted by atomic mass is 35.5. The topological polar surface area (TPSA) is 35.9 Å². The normalized spacial score (nSPS) is 17.0. The number of rotatable bonds is 4. The van der Waals surface area contributed by atoms with Crippen LogP contribution < -0.4 is 0 Å². The molecule has 1 aromatic rings. The highest BCUT2D eigenvalue weighted by molar-refractivity contribution is 8.02. The average Bonchev–Trinajstić information content (AvgIpc) is 2.97. The molecule has 0 aromatic heterocycles. The van der Waals surface area contributed by atoms with Crippen LogP contribution in [0.5, 0.6) is 0 Å². The molecule has 8 heteroatoms. The molecule has 0 saturated heterocycles. The molecule has 2 aliphatic rings. The van der Waals surface area contributed by atoms with E-state index in [9.17, 15) is 13.6 Å². The Morgan fingerprint density at radius 1 is 1.35 bits per heavy atom. The Morgan fingerprint density at radius 3 is 2.78 bits per heavy atom. The van der Waals surface area contributed by atoms with Gasteiger partial charge in [-0.25, -0.2) is 5.01 Å². The molecule has 1 aromatic carbocycles. The third kappa shape index (κ3) is 3.56. The fourth-order valence-electron chi connectivity index (χ4n) is 2.13. The van der Waals surface area contributed by atoms with Crippen molar-refractivity contribution >= 4 is 35.1 Å². The second-order valence-electron chi connectivity index (χ2n) is 4.87. The molecule has 0 radical (unpaired) electrons. The summed E-state index contributed by atoms with van der Waals surface area (Å²) in [5.41, 5.74) is 1.17. The zero-order chi connectivity index (χ0) is 16.4. The molecule has 2 heterocycles. The molecule has 23 heavy (non-hydrogen) atoms. The van der Waals surface area contributed by atoms with Crippen LogP contribution in [-0.4, -0.2) is 34.7 Å². The van der Waals surface area contributed by atoms with Crippen molar-refractivity contribution in [2.45, 2.75) is 12.2 Å². The molecule has 0 saturated carbocycles. The van der Waals surface area contributed by atoms with E-state index in [0.717, 1.165) is 15.7 Å². The van der Waals surface area contributed by atoms with Gasteiger partial charge in [0, 0.05) is 16.9 Å². The lowest BCUT2D eigenvalue weighted by molar-refractivity contribution is -0.143. The first-order valence-electron chi connectivity index (χ1n) is 6.75. The molecule has 0 unspecified atom stereocenters. The van der Waals surface area contributed by atoms with Crippen LogP contribution in [0.15, 0.2) is 57.6 Å². The van der Waals surface area contributed by atoms with Gasteiger partial charge in [0.1, 0.15) is 6.67 Å². The van der Waals surface area contributed by atoms with Crippen LogP contribution in [0, 0.1) is 0 Å². The number of benzene rings is 1. The quantitative estimate of drug-likeness (QED) is 0.828. The van der Waals surface area contributed by atoms with Crippen LogP contribution in [0.2, 0.25) is 0 Å². The second kappa shape index (κ2) is 6.72. The van der Waals surface area contributed by atoms with Crippen molar-refractivity contribution in [3.05, 3.63) is 58.1 Å². The molecular weight excluding hydrogens is 344 g/mol. The summed E-state index contributed by atoms with van der Waals surface area (Å²) in [6.45, 7) is -0.0576. The SMILES string of the molecule is O=C(C(F)F)N1CN2C=C(SCc3ccccc3)C=C(Cl)C2=N1. The van der Waals surface area contributed by atoms with Gasteiger partial charge in [0.05, 0.1) is 5.03 Å². The minimum atomic E-state index is -3.08. The molecule has 0 aliphatic carbocycles. The fraction of sp³-hybridized carbons (Fsp3) is 0.200. The van der Waals surface area contributed by atoms with Crippen LogP contribution >= 0.6 is 23.4 Å². The minimum absolute atomic E-state index is 0.0576. The molecule has 0 bridgehead atoms. The Morgan fingerprint density at radius 2 is 2.09 bits per heavy atom. The first-order valence-corrected chi connectivity index (χ1v) is 8.12. The summed E-state index contributed by atoms with van der Waals surface area (Å²) >= 11 is 7.72. The number of halogens is 3. The number of hydrogen-bond donors (Lipinski definition) is 0. The van der Waals surface area contributed by atoms with Gasteiger partial charge in [-0.15, -0.1) is 16.9 Å². The maximum absolute atomic E-state index is 12.5. The summed E-state index contributed by atoms with van der Waals surface area (Å²) < 4.78 is 25.0. The number of hydrogen-bond acceptors (Lipinski definition) is 4. The Hall–Kier alpha value is -1.86. The van der Waals surface area contributed by atoms with Crippen molar-refractivity contribution in [2.24, 2.45) is 5.10 Å². The Labute approximate surface area is 141 Å². The number of allylic oxidation sites excluding steroid dienone is 1. The number of hydrazone groups is 1. The molecule has 0 fully saturated rings. The summed E-state index contributed by atoms with van der Waals surface area (Å²) in [5.74, 6) is -0.263. The lowest BCUT2D eigenvalue weighted by Gasteiger charge is -2.20.